The summed E-state index contributed by atoms with van der Waals surface area (Å²) in [5.74, 6) is 0.816. The van der Waals surface area contributed by atoms with Crippen molar-refractivity contribution in [3.8, 4) is 0 Å². The van der Waals surface area contributed by atoms with Gasteiger partial charge >= 0.3 is 6.09 Å². The Morgan fingerprint density at radius 1 is 1.04 bits per heavy atom. The lowest BCUT2D eigenvalue weighted by molar-refractivity contribution is -0.129. The summed E-state index contributed by atoms with van der Waals surface area (Å²) in [4.78, 5) is 30.4. The molecule has 0 spiro atoms. The Bertz CT molecular complexity index is 1520. The van der Waals surface area contributed by atoms with Gasteiger partial charge in [0.2, 0.25) is 5.91 Å². The smallest absolute Gasteiger partial charge is 0.407 e. The maximum absolute atomic E-state index is 14.4. The average molecular weight is 653 g/mol. The second-order valence-electron chi connectivity index (χ2n) is 13.4. The second-order valence-corrected chi connectivity index (χ2v) is 15.6. The molecule has 1 saturated carbocycles. The van der Waals surface area contributed by atoms with Crippen molar-refractivity contribution >= 4 is 27.5 Å². The summed E-state index contributed by atoms with van der Waals surface area (Å²) in [7, 11) is -1.90. The first kappa shape index (κ1) is 32.5. The molecular weight excluding hydrogens is 607 g/mol. The highest BCUT2D eigenvalue weighted by molar-refractivity contribution is 7.92. The molecule has 3 atom stereocenters. The summed E-state index contributed by atoms with van der Waals surface area (Å²) in [6.45, 7) is 8.74. The van der Waals surface area contributed by atoms with Gasteiger partial charge in [0.05, 0.1) is 4.90 Å². The summed E-state index contributed by atoms with van der Waals surface area (Å²) in [6, 6.07) is 14.1. The third-order valence-electron chi connectivity index (χ3n) is 10.6. The number of carbonyl (C=O) groups excluding carboxylic acids is 2. The highest BCUT2D eigenvalue weighted by Crippen LogP contribution is 2.46. The van der Waals surface area contributed by atoms with Gasteiger partial charge in [0, 0.05) is 57.3 Å². The molecule has 4 aliphatic rings. The van der Waals surface area contributed by atoms with Crippen molar-refractivity contribution in [3.63, 3.8) is 0 Å². The lowest BCUT2D eigenvalue weighted by atomic mass is 9.71. The fraction of sp³-hybridized carbons (Fsp3) is 0.543. The zero-order valence-electron chi connectivity index (χ0n) is 26.5. The second kappa shape index (κ2) is 13.7. The summed E-state index contributed by atoms with van der Waals surface area (Å²) in [5.41, 5.74) is 2.04. The highest BCUT2D eigenvalue weighted by atomic mass is 32.2. The monoisotopic (exact) mass is 652 g/mol. The maximum Gasteiger partial charge on any atom is 0.407 e. The average Bonchev–Trinajstić information content (AvgIpc) is 3.46. The standard InChI is InChI=1S/C35H45FN4O5S/c1-3-33(41)40-22-30(23-40)46(43,44)29-12-10-28(11-13-29)39-20-24(21-39)19-38-16-14-25(15-17-38)34(26-6-4-7-27(36)18-26)31-8-5-9-32(31)45-35(42)37-2/h3-4,6-7,10-13,18,24-25,30-32,34H,1,5,8-9,14-17,19-23H2,2H3,(H,37,42)/t31-,32-,34?/m0/s1. The van der Waals surface area contributed by atoms with E-state index in [2.05, 4.69) is 21.7 Å². The van der Waals surface area contributed by atoms with Gasteiger partial charge in [-0.3, -0.25) is 4.79 Å². The molecule has 3 heterocycles. The van der Waals surface area contributed by atoms with E-state index in [0.29, 0.717) is 16.7 Å². The molecule has 1 N–H and O–H groups in total. The molecule has 9 nitrogen and oxygen atoms in total. The van der Waals surface area contributed by atoms with Crippen LogP contribution < -0.4 is 10.2 Å². The number of halogens is 1. The minimum absolute atomic E-state index is 0.152. The number of anilines is 1. The molecule has 2 aromatic carbocycles. The van der Waals surface area contributed by atoms with Gasteiger partial charge in [0.1, 0.15) is 17.2 Å². The van der Waals surface area contributed by atoms with Gasteiger partial charge in [-0.25, -0.2) is 17.6 Å². The Morgan fingerprint density at radius 3 is 2.41 bits per heavy atom. The van der Waals surface area contributed by atoms with E-state index in [0.717, 1.165) is 76.1 Å². The van der Waals surface area contributed by atoms with E-state index in [4.69, 9.17) is 4.74 Å². The van der Waals surface area contributed by atoms with E-state index in [9.17, 15) is 22.4 Å². The van der Waals surface area contributed by atoms with Gasteiger partial charge in [-0.1, -0.05) is 18.7 Å². The predicted molar refractivity (Wildman–Crippen MR) is 175 cm³/mol. The molecule has 46 heavy (non-hydrogen) atoms. The largest absolute Gasteiger partial charge is 0.446 e. The highest BCUT2D eigenvalue weighted by Gasteiger charge is 2.42. The molecule has 2 aromatic rings. The fourth-order valence-corrected chi connectivity index (χ4v) is 9.68. The van der Waals surface area contributed by atoms with Crippen LogP contribution in [0.25, 0.3) is 0 Å². The lowest BCUT2D eigenvalue weighted by Gasteiger charge is -2.45. The number of nitrogens with zero attached hydrogens (tertiary/aromatic N) is 3. The summed E-state index contributed by atoms with van der Waals surface area (Å²) < 4.78 is 46.1. The molecule has 2 amide bonds. The molecule has 3 saturated heterocycles. The van der Waals surface area contributed by atoms with E-state index >= 15 is 0 Å². The zero-order chi connectivity index (χ0) is 32.4. The number of carbonyl (C=O) groups is 2. The van der Waals surface area contributed by atoms with Crippen LogP contribution in [0.3, 0.4) is 0 Å². The normalized spacial score (nSPS) is 23.8. The van der Waals surface area contributed by atoms with Crippen LogP contribution in [-0.2, 0) is 19.4 Å². The maximum atomic E-state index is 14.4. The Kier molecular flexibility index (Phi) is 9.70. The summed E-state index contributed by atoms with van der Waals surface area (Å²) in [5, 5.41) is 2.01. The van der Waals surface area contributed by atoms with Crippen molar-refractivity contribution in [1.29, 1.82) is 0 Å². The number of amides is 2. The van der Waals surface area contributed by atoms with Crippen LogP contribution in [0.15, 0.2) is 66.1 Å². The molecule has 0 bridgehead atoms. The number of piperidine rings is 1. The number of hydrogen-bond donors (Lipinski definition) is 1. The Hall–Kier alpha value is -3.44. The van der Waals surface area contributed by atoms with E-state index in [1.165, 1.54) is 17.0 Å². The minimum Gasteiger partial charge on any atom is -0.446 e. The molecular formula is C35H45FN4O5S. The summed E-state index contributed by atoms with van der Waals surface area (Å²) in [6.07, 6.45) is 5.53. The number of hydrogen-bond acceptors (Lipinski definition) is 7. The van der Waals surface area contributed by atoms with Crippen LogP contribution in [-0.4, -0.2) is 94.4 Å². The lowest BCUT2D eigenvalue weighted by Crippen LogP contribution is -2.56. The molecule has 4 fully saturated rings. The molecule has 3 aliphatic heterocycles. The Labute approximate surface area is 271 Å². The van der Waals surface area contributed by atoms with Crippen molar-refractivity contribution in [2.24, 2.45) is 17.8 Å². The van der Waals surface area contributed by atoms with Crippen LogP contribution >= 0.6 is 0 Å². The molecule has 6 rings (SSSR count). The van der Waals surface area contributed by atoms with Gasteiger partial charge in [0.15, 0.2) is 9.84 Å². The van der Waals surface area contributed by atoms with Crippen molar-refractivity contribution < 1.29 is 27.1 Å². The predicted octanol–water partition coefficient (Wildman–Crippen LogP) is 4.45. The molecule has 0 radical (unpaired) electrons. The number of sulfone groups is 1. The van der Waals surface area contributed by atoms with Gasteiger partial charge in [-0.15, -0.1) is 0 Å². The quantitative estimate of drug-likeness (QED) is 0.379. The van der Waals surface area contributed by atoms with Gasteiger partial charge in [-0.05, 0) is 105 Å². The number of ether oxygens (including phenoxy) is 1. The zero-order valence-corrected chi connectivity index (χ0v) is 27.3. The topological polar surface area (TPSA) is 99.3 Å². The first-order valence-corrected chi connectivity index (χ1v) is 18.1. The van der Waals surface area contributed by atoms with Crippen molar-refractivity contribution in [3.05, 3.63) is 72.6 Å². The van der Waals surface area contributed by atoms with Gasteiger partial charge in [-0.2, -0.15) is 0 Å². The Balaban J connectivity index is 1.00. The third kappa shape index (κ3) is 6.81. The first-order valence-electron chi connectivity index (χ1n) is 16.5. The first-order chi connectivity index (χ1) is 22.2. The van der Waals surface area contributed by atoms with Crippen LogP contribution in [0.4, 0.5) is 14.9 Å². The SMILES string of the molecule is C=CC(=O)N1CC(S(=O)(=O)c2ccc(N3CC(CN4CCC(C(c5cccc(F)c5)[C@H]5CCC[C@@H]5OC(=O)NC)CC4)C3)cc2)C1. The molecule has 0 aromatic heterocycles. The van der Waals surface area contributed by atoms with E-state index < -0.39 is 21.2 Å². The van der Waals surface area contributed by atoms with E-state index in [1.54, 1.807) is 31.3 Å². The summed E-state index contributed by atoms with van der Waals surface area (Å²) >= 11 is 0. The van der Waals surface area contributed by atoms with Crippen LogP contribution in [0.5, 0.6) is 0 Å². The molecule has 248 valence electrons. The fourth-order valence-electron chi connectivity index (χ4n) is 8.03. The van der Waals surface area contributed by atoms with Gasteiger partial charge in [0.25, 0.3) is 0 Å². The van der Waals surface area contributed by atoms with Crippen LogP contribution in [0.1, 0.15) is 43.6 Å². The number of benzene rings is 2. The van der Waals surface area contributed by atoms with Crippen molar-refractivity contribution in [2.75, 3.05) is 57.8 Å². The van der Waals surface area contributed by atoms with E-state index in [-0.39, 0.29) is 42.8 Å². The number of alkyl carbamates (subject to hydrolysis) is 1. The number of rotatable bonds is 10. The van der Waals surface area contributed by atoms with E-state index in [1.807, 2.05) is 18.2 Å². The number of nitrogens with one attached hydrogen (secondary N) is 1. The molecule has 11 heteroatoms. The number of likely N-dealkylation sites (tertiary alicyclic amines) is 2. The molecule has 1 aliphatic carbocycles. The Morgan fingerprint density at radius 2 is 1.76 bits per heavy atom. The van der Waals surface area contributed by atoms with Crippen molar-refractivity contribution in [1.82, 2.24) is 15.1 Å². The van der Waals surface area contributed by atoms with Crippen LogP contribution in [0.2, 0.25) is 0 Å². The third-order valence-corrected chi connectivity index (χ3v) is 12.7. The molecule has 1 unspecified atom stereocenters. The van der Waals surface area contributed by atoms with Crippen LogP contribution in [0, 0.1) is 23.6 Å². The van der Waals surface area contributed by atoms with Crippen molar-refractivity contribution in [2.45, 2.75) is 54.3 Å². The minimum atomic E-state index is -3.48. The van der Waals surface area contributed by atoms with Gasteiger partial charge < -0.3 is 24.8 Å².